The van der Waals surface area contributed by atoms with E-state index in [0.29, 0.717) is 12.4 Å². The fraction of sp³-hybridized carbons (Fsp3) is 0.267. The number of aromatic nitrogens is 2. The van der Waals surface area contributed by atoms with E-state index >= 15 is 0 Å². The molecule has 0 bridgehead atoms. The van der Waals surface area contributed by atoms with E-state index in [1.54, 1.807) is 0 Å². The molecule has 0 aliphatic rings. The summed E-state index contributed by atoms with van der Waals surface area (Å²) in [6.07, 6.45) is 3.20. The van der Waals surface area contributed by atoms with Gasteiger partial charge in [0.05, 0.1) is 0 Å². The van der Waals surface area contributed by atoms with Crippen molar-refractivity contribution in [3.05, 3.63) is 52.4 Å². The highest BCUT2D eigenvalue weighted by Crippen LogP contribution is 2.11. The summed E-state index contributed by atoms with van der Waals surface area (Å²) >= 11 is 0. The normalized spacial score (nSPS) is 10.2. The molecule has 0 spiro atoms. The fourth-order valence-electron chi connectivity index (χ4n) is 1.77. The summed E-state index contributed by atoms with van der Waals surface area (Å²) in [4.78, 5) is 30.5. The van der Waals surface area contributed by atoms with Gasteiger partial charge in [-0.2, -0.15) is 0 Å². The van der Waals surface area contributed by atoms with Crippen molar-refractivity contribution in [2.75, 3.05) is 6.54 Å². The van der Waals surface area contributed by atoms with Crippen molar-refractivity contribution < 1.29 is 4.79 Å². The van der Waals surface area contributed by atoms with E-state index < -0.39 is 5.56 Å². The van der Waals surface area contributed by atoms with Crippen molar-refractivity contribution in [1.82, 2.24) is 15.3 Å². The van der Waals surface area contributed by atoms with Gasteiger partial charge in [-0.1, -0.05) is 43.7 Å². The van der Waals surface area contributed by atoms with E-state index in [1.807, 2.05) is 37.3 Å². The second kappa shape index (κ2) is 6.65. The molecule has 2 N–H and O–H groups in total. The zero-order chi connectivity index (χ0) is 14.4. The van der Waals surface area contributed by atoms with Gasteiger partial charge in [0, 0.05) is 18.3 Å². The molecular weight excluding hydrogens is 254 g/mol. The maximum absolute atomic E-state index is 11.9. The number of hydrogen-bond donors (Lipinski definition) is 2. The van der Waals surface area contributed by atoms with Crippen molar-refractivity contribution in [1.29, 1.82) is 0 Å². The highest BCUT2D eigenvalue weighted by Gasteiger charge is 2.11. The van der Waals surface area contributed by atoms with Crippen molar-refractivity contribution in [2.45, 2.75) is 19.8 Å². The smallest absolute Gasteiger partial charge is 0.264 e. The minimum absolute atomic E-state index is 0.0424. The molecule has 5 heteroatoms. The molecule has 0 fully saturated rings. The predicted octanol–water partition coefficient (Wildman–Crippen LogP) is 1.97. The summed E-state index contributed by atoms with van der Waals surface area (Å²) in [5.74, 6) is 0.0764. The Hall–Kier alpha value is -2.43. The molecule has 0 aliphatic carbocycles. The van der Waals surface area contributed by atoms with Crippen LogP contribution in [0.4, 0.5) is 0 Å². The van der Waals surface area contributed by atoms with Crippen LogP contribution < -0.4 is 10.9 Å². The van der Waals surface area contributed by atoms with Gasteiger partial charge in [-0.3, -0.25) is 9.59 Å². The Morgan fingerprint density at radius 2 is 2.05 bits per heavy atom. The molecule has 0 atom stereocenters. The number of benzene rings is 1. The van der Waals surface area contributed by atoms with E-state index in [0.717, 1.165) is 18.4 Å². The first kappa shape index (κ1) is 14.0. The summed E-state index contributed by atoms with van der Waals surface area (Å²) in [6, 6.07) is 9.30. The number of rotatable bonds is 5. The summed E-state index contributed by atoms with van der Waals surface area (Å²) in [6.45, 7) is 2.60. The van der Waals surface area contributed by atoms with Crippen molar-refractivity contribution >= 4 is 5.91 Å². The first-order valence-electron chi connectivity index (χ1n) is 6.65. The molecule has 5 nitrogen and oxygen atoms in total. The standard InChI is InChI=1S/C15H17N3O2/c1-2-3-9-16-14(19)12-10-17-13(18-15(12)20)11-7-5-4-6-8-11/h4-8,10H,2-3,9H2,1H3,(H,16,19)(H,17,18,20). The first-order valence-corrected chi connectivity index (χ1v) is 6.65. The van der Waals surface area contributed by atoms with Gasteiger partial charge in [-0.15, -0.1) is 0 Å². The fourth-order valence-corrected chi connectivity index (χ4v) is 1.77. The zero-order valence-electron chi connectivity index (χ0n) is 11.3. The summed E-state index contributed by atoms with van der Waals surface area (Å²) in [5, 5.41) is 2.70. The van der Waals surface area contributed by atoms with Gasteiger partial charge < -0.3 is 10.3 Å². The van der Waals surface area contributed by atoms with Gasteiger partial charge in [0.15, 0.2) is 0 Å². The van der Waals surface area contributed by atoms with Gasteiger partial charge in [0.2, 0.25) is 0 Å². The van der Waals surface area contributed by atoms with Crippen LogP contribution in [0.1, 0.15) is 30.1 Å². The summed E-state index contributed by atoms with van der Waals surface area (Å²) in [7, 11) is 0. The topological polar surface area (TPSA) is 74.8 Å². The van der Waals surface area contributed by atoms with Crippen LogP contribution >= 0.6 is 0 Å². The van der Waals surface area contributed by atoms with Crippen LogP contribution in [-0.4, -0.2) is 22.4 Å². The van der Waals surface area contributed by atoms with Crippen molar-refractivity contribution in [3.63, 3.8) is 0 Å². The molecule has 1 amide bonds. The van der Waals surface area contributed by atoms with Gasteiger partial charge in [-0.05, 0) is 6.42 Å². The quantitative estimate of drug-likeness (QED) is 0.816. The van der Waals surface area contributed by atoms with E-state index in [2.05, 4.69) is 15.3 Å². The summed E-state index contributed by atoms with van der Waals surface area (Å²) < 4.78 is 0. The number of unbranched alkanes of at least 4 members (excludes halogenated alkanes) is 1. The Bertz CT molecular complexity index is 635. The molecule has 0 saturated heterocycles. The Morgan fingerprint density at radius 3 is 2.70 bits per heavy atom. The first-order chi connectivity index (χ1) is 9.72. The maximum atomic E-state index is 11.9. The summed E-state index contributed by atoms with van der Waals surface area (Å²) in [5.41, 5.74) is 0.427. The van der Waals surface area contributed by atoms with Crippen molar-refractivity contribution in [2.24, 2.45) is 0 Å². The van der Waals surface area contributed by atoms with E-state index in [-0.39, 0.29) is 11.5 Å². The third-order valence-corrected chi connectivity index (χ3v) is 2.91. The van der Waals surface area contributed by atoms with Crippen LogP contribution in [0.25, 0.3) is 11.4 Å². The molecule has 0 aliphatic heterocycles. The Balaban J connectivity index is 2.18. The molecule has 104 valence electrons. The highest BCUT2D eigenvalue weighted by atomic mass is 16.2. The van der Waals surface area contributed by atoms with Gasteiger partial charge in [0.1, 0.15) is 11.4 Å². The van der Waals surface area contributed by atoms with E-state index in [9.17, 15) is 9.59 Å². The van der Waals surface area contributed by atoms with E-state index in [4.69, 9.17) is 0 Å². The lowest BCUT2D eigenvalue weighted by atomic mass is 10.2. The van der Waals surface area contributed by atoms with Crippen LogP contribution in [0, 0.1) is 0 Å². The molecular formula is C15H17N3O2. The lowest BCUT2D eigenvalue weighted by Crippen LogP contribution is -2.30. The molecule has 2 rings (SSSR count). The molecule has 0 radical (unpaired) electrons. The van der Waals surface area contributed by atoms with Crippen LogP contribution in [0.3, 0.4) is 0 Å². The average Bonchev–Trinajstić information content (AvgIpc) is 2.48. The predicted molar refractivity (Wildman–Crippen MR) is 77.5 cm³/mol. The van der Waals surface area contributed by atoms with Crippen LogP contribution in [0.5, 0.6) is 0 Å². The van der Waals surface area contributed by atoms with Crippen LogP contribution in [0.2, 0.25) is 0 Å². The Kier molecular flexibility index (Phi) is 4.65. The number of hydrogen-bond acceptors (Lipinski definition) is 3. The average molecular weight is 271 g/mol. The van der Waals surface area contributed by atoms with Gasteiger partial charge >= 0.3 is 0 Å². The number of nitrogens with zero attached hydrogens (tertiary/aromatic N) is 1. The van der Waals surface area contributed by atoms with Crippen LogP contribution in [0.15, 0.2) is 41.3 Å². The number of carbonyl (C=O) groups is 1. The van der Waals surface area contributed by atoms with Crippen molar-refractivity contribution in [3.8, 4) is 11.4 Å². The molecule has 1 aromatic carbocycles. The Labute approximate surface area is 117 Å². The highest BCUT2D eigenvalue weighted by molar-refractivity contribution is 5.93. The van der Waals surface area contributed by atoms with E-state index in [1.165, 1.54) is 6.20 Å². The minimum Gasteiger partial charge on any atom is -0.352 e. The molecule has 2 aromatic rings. The lowest BCUT2D eigenvalue weighted by molar-refractivity contribution is 0.0951. The Morgan fingerprint density at radius 1 is 1.30 bits per heavy atom. The SMILES string of the molecule is CCCCNC(=O)c1cnc(-c2ccccc2)[nH]c1=O. The number of carbonyl (C=O) groups excluding carboxylic acids is 1. The molecule has 0 unspecified atom stereocenters. The zero-order valence-corrected chi connectivity index (χ0v) is 11.3. The molecule has 0 saturated carbocycles. The van der Waals surface area contributed by atoms with Gasteiger partial charge in [0.25, 0.3) is 11.5 Å². The van der Waals surface area contributed by atoms with Crippen LogP contribution in [-0.2, 0) is 0 Å². The van der Waals surface area contributed by atoms with Gasteiger partial charge in [-0.25, -0.2) is 4.98 Å². The maximum Gasteiger partial charge on any atom is 0.264 e. The minimum atomic E-state index is -0.423. The second-order valence-corrected chi connectivity index (χ2v) is 4.45. The monoisotopic (exact) mass is 271 g/mol. The third-order valence-electron chi connectivity index (χ3n) is 2.91. The number of H-pyrrole nitrogens is 1. The lowest BCUT2D eigenvalue weighted by Gasteiger charge is -2.04. The third kappa shape index (κ3) is 3.32. The molecule has 1 aromatic heterocycles. The molecule has 1 heterocycles. The number of aromatic amines is 1. The molecule has 20 heavy (non-hydrogen) atoms. The largest absolute Gasteiger partial charge is 0.352 e. The number of amides is 1. The number of nitrogens with one attached hydrogen (secondary N) is 2. The second-order valence-electron chi connectivity index (χ2n) is 4.45.